The van der Waals surface area contributed by atoms with Gasteiger partial charge in [0.1, 0.15) is 5.82 Å². The molecule has 0 aliphatic heterocycles. The van der Waals surface area contributed by atoms with E-state index in [0.717, 1.165) is 42.5 Å². The number of pyridine rings is 1. The molecule has 25 heavy (non-hydrogen) atoms. The second kappa shape index (κ2) is 7.63. The first kappa shape index (κ1) is 17.4. The van der Waals surface area contributed by atoms with Gasteiger partial charge in [0, 0.05) is 25.0 Å². The van der Waals surface area contributed by atoms with Crippen molar-refractivity contribution in [3.63, 3.8) is 0 Å². The van der Waals surface area contributed by atoms with Gasteiger partial charge in [-0.1, -0.05) is 30.3 Å². The van der Waals surface area contributed by atoms with E-state index < -0.39 is 0 Å². The highest BCUT2D eigenvalue weighted by Gasteiger charge is 2.12. The number of hydrogen-bond donors (Lipinski definition) is 2. The summed E-state index contributed by atoms with van der Waals surface area (Å²) < 4.78 is 1.86. The molecule has 1 atom stereocenters. The molecule has 0 saturated carbocycles. The van der Waals surface area contributed by atoms with E-state index in [4.69, 9.17) is 11.5 Å². The van der Waals surface area contributed by atoms with Gasteiger partial charge in [0.05, 0.1) is 17.4 Å². The third-order valence-electron chi connectivity index (χ3n) is 4.51. The largest absolute Gasteiger partial charge is 0.384 e. The van der Waals surface area contributed by atoms with Gasteiger partial charge in [-0.05, 0) is 38.1 Å². The van der Waals surface area contributed by atoms with Crippen molar-refractivity contribution in [2.24, 2.45) is 12.8 Å². The first-order valence-corrected chi connectivity index (χ1v) is 8.61. The van der Waals surface area contributed by atoms with Crippen LogP contribution in [0.4, 0.5) is 5.82 Å². The van der Waals surface area contributed by atoms with Crippen LogP contribution in [0.5, 0.6) is 0 Å². The highest BCUT2D eigenvalue weighted by Crippen LogP contribution is 2.20. The highest BCUT2D eigenvalue weighted by molar-refractivity contribution is 5.82. The number of anilines is 1. The molecule has 132 valence electrons. The lowest BCUT2D eigenvalue weighted by Crippen LogP contribution is -2.22. The fourth-order valence-corrected chi connectivity index (χ4v) is 3.21. The Kier molecular flexibility index (Phi) is 5.31. The van der Waals surface area contributed by atoms with Crippen LogP contribution in [0.2, 0.25) is 0 Å². The Balaban J connectivity index is 1.58. The molecule has 0 radical (unpaired) electrons. The summed E-state index contributed by atoms with van der Waals surface area (Å²) in [4.78, 5) is 6.77. The zero-order valence-electron chi connectivity index (χ0n) is 14.9. The van der Waals surface area contributed by atoms with Gasteiger partial charge in [0.2, 0.25) is 0 Å². The molecule has 0 fully saturated rings. The number of rotatable bonds is 7. The van der Waals surface area contributed by atoms with Crippen LogP contribution in [0.25, 0.3) is 10.9 Å². The van der Waals surface area contributed by atoms with E-state index in [-0.39, 0.29) is 6.04 Å². The summed E-state index contributed by atoms with van der Waals surface area (Å²) in [5.74, 6) is 0.537. The number of nitrogens with zero attached hydrogens (tertiary/aromatic N) is 4. The smallest absolute Gasteiger partial charge is 0.124 e. The van der Waals surface area contributed by atoms with Gasteiger partial charge in [-0.3, -0.25) is 4.68 Å². The standard InChI is InChI=1S/C19H26N6/c1-24(10-6-9-16(20)14-7-4-3-5-8-14)13-17-19-15(11-18(21)23-17)12-22-25(19)2/h3-5,7-8,11-12,16H,6,9-10,13,20H2,1-2H3,(H2,21,23). The van der Waals surface area contributed by atoms with Gasteiger partial charge in [-0.2, -0.15) is 5.10 Å². The average Bonchev–Trinajstić information content (AvgIpc) is 2.96. The van der Waals surface area contributed by atoms with Crippen molar-refractivity contribution in [2.45, 2.75) is 25.4 Å². The zero-order chi connectivity index (χ0) is 17.8. The number of benzene rings is 1. The van der Waals surface area contributed by atoms with Crippen LogP contribution < -0.4 is 11.5 Å². The Morgan fingerprint density at radius 3 is 2.76 bits per heavy atom. The van der Waals surface area contributed by atoms with Crippen molar-refractivity contribution < 1.29 is 0 Å². The van der Waals surface area contributed by atoms with E-state index in [0.29, 0.717) is 5.82 Å². The van der Waals surface area contributed by atoms with Crippen LogP contribution in [0.3, 0.4) is 0 Å². The Morgan fingerprint density at radius 2 is 2.00 bits per heavy atom. The zero-order valence-corrected chi connectivity index (χ0v) is 14.9. The molecule has 2 aromatic heterocycles. The van der Waals surface area contributed by atoms with Gasteiger partial charge < -0.3 is 16.4 Å². The molecule has 0 aliphatic rings. The van der Waals surface area contributed by atoms with Crippen molar-refractivity contribution in [2.75, 3.05) is 19.3 Å². The second-order valence-electron chi connectivity index (χ2n) is 6.60. The summed E-state index contributed by atoms with van der Waals surface area (Å²) in [6.07, 6.45) is 3.82. The van der Waals surface area contributed by atoms with Crippen LogP contribution >= 0.6 is 0 Å². The number of nitrogens with two attached hydrogens (primary N) is 2. The minimum absolute atomic E-state index is 0.0869. The molecule has 3 aromatic rings. The fourth-order valence-electron chi connectivity index (χ4n) is 3.21. The third-order valence-corrected chi connectivity index (χ3v) is 4.51. The van der Waals surface area contributed by atoms with Crippen LogP contribution in [0.15, 0.2) is 42.6 Å². The van der Waals surface area contributed by atoms with Crippen LogP contribution in [0, 0.1) is 0 Å². The number of aryl methyl sites for hydroxylation is 1. The highest BCUT2D eigenvalue weighted by atomic mass is 15.3. The van der Waals surface area contributed by atoms with Crippen molar-refractivity contribution in [3.05, 3.63) is 53.9 Å². The van der Waals surface area contributed by atoms with E-state index in [2.05, 4.69) is 34.2 Å². The molecular formula is C19H26N6. The van der Waals surface area contributed by atoms with E-state index in [1.54, 1.807) is 0 Å². The summed E-state index contributed by atoms with van der Waals surface area (Å²) in [6.45, 7) is 1.69. The number of aromatic nitrogens is 3. The Bertz CT molecular complexity index is 827. The van der Waals surface area contributed by atoms with E-state index in [1.807, 2.05) is 42.2 Å². The SMILES string of the molecule is CN(CCCC(N)c1ccccc1)Cc1nc(N)cc2cnn(C)c12. The first-order chi connectivity index (χ1) is 12.0. The van der Waals surface area contributed by atoms with Crippen molar-refractivity contribution >= 4 is 16.7 Å². The molecule has 0 spiro atoms. The predicted octanol–water partition coefficient (Wildman–Crippen LogP) is 2.46. The Labute approximate surface area is 148 Å². The lowest BCUT2D eigenvalue weighted by molar-refractivity contribution is 0.311. The van der Waals surface area contributed by atoms with E-state index >= 15 is 0 Å². The van der Waals surface area contributed by atoms with Crippen molar-refractivity contribution in [1.29, 1.82) is 0 Å². The second-order valence-corrected chi connectivity index (χ2v) is 6.60. The van der Waals surface area contributed by atoms with Gasteiger partial charge >= 0.3 is 0 Å². The Hall–Kier alpha value is -2.44. The van der Waals surface area contributed by atoms with E-state index in [9.17, 15) is 0 Å². The maximum Gasteiger partial charge on any atom is 0.124 e. The minimum Gasteiger partial charge on any atom is -0.384 e. The topological polar surface area (TPSA) is 86.0 Å². The van der Waals surface area contributed by atoms with Crippen LogP contribution in [-0.4, -0.2) is 33.3 Å². The van der Waals surface area contributed by atoms with Crippen molar-refractivity contribution in [1.82, 2.24) is 19.7 Å². The Morgan fingerprint density at radius 1 is 1.24 bits per heavy atom. The average molecular weight is 338 g/mol. The maximum absolute atomic E-state index is 6.28. The fraction of sp³-hybridized carbons (Fsp3) is 0.368. The molecule has 4 N–H and O–H groups in total. The molecule has 0 aliphatic carbocycles. The monoisotopic (exact) mass is 338 g/mol. The molecule has 1 unspecified atom stereocenters. The number of fused-ring (bicyclic) bond motifs is 1. The quantitative estimate of drug-likeness (QED) is 0.691. The maximum atomic E-state index is 6.28. The third kappa shape index (κ3) is 4.15. The van der Waals surface area contributed by atoms with E-state index in [1.165, 1.54) is 5.56 Å². The molecule has 0 saturated heterocycles. The summed E-state index contributed by atoms with van der Waals surface area (Å²) in [7, 11) is 4.03. The molecular weight excluding hydrogens is 312 g/mol. The minimum atomic E-state index is 0.0869. The van der Waals surface area contributed by atoms with Gasteiger partial charge in [0.15, 0.2) is 0 Å². The summed E-state index contributed by atoms with van der Waals surface area (Å²) in [6, 6.07) is 12.2. The van der Waals surface area contributed by atoms with Crippen molar-refractivity contribution in [3.8, 4) is 0 Å². The molecule has 2 heterocycles. The lowest BCUT2D eigenvalue weighted by atomic mass is 10.0. The van der Waals surface area contributed by atoms with Crippen LogP contribution in [-0.2, 0) is 13.6 Å². The first-order valence-electron chi connectivity index (χ1n) is 8.61. The summed E-state index contributed by atoms with van der Waals surface area (Å²) in [5, 5.41) is 5.34. The summed E-state index contributed by atoms with van der Waals surface area (Å²) in [5.41, 5.74) is 15.4. The molecule has 0 bridgehead atoms. The normalized spacial score (nSPS) is 12.8. The van der Waals surface area contributed by atoms with Crippen LogP contribution in [0.1, 0.15) is 30.1 Å². The molecule has 3 rings (SSSR count). The van der Waals surface area contributed by atoms with Gasteiger partial charge in [0.25, 0.3) is 0 Å². The number of nitrogen functional groups attached to an aromatic ring is 1. The summed E-state index contributed by atoms with van der Waals surface area (Å²) >= 11 is 0. The molecule has 0 amide bonds. The lowest BCUT2D eigenvalue weighted by Gasteiger charge is -2.19. The van der Waals surface area contributed by atoms with Gasteiger partial charge in [-0.15, -0.1) is 0 Å². The van der Waals surface area contributed by atoms with Gasteiger partial charge in [-0.25, -0.2) is 4.98 Å². The molecule has 6 nitrogen and oxygen atoms in total. The molecule has 1 aromatic carbocycles. The predicted molar refractivity (Wildman–Crippen MR) is 102 cm³/mol. The number of hydrogen-bond acceptors (Lipinski definition) is 5. The molecule has 6 heteroatoms.